The van der Waals surface area contributed by atoms with Gasteiger partial charge in [-0.05, 0) is 17.7 Å². The van der Waals surface area contributed by atoms with E-state index in [1.54, 1.807) is 30.3 Å². The summed E-state index contributed by atoms with van der Waals surface area (Å²) < 4.78 is 43.7. The molecule has 11 heteroatoms. The number of hydrogen-bond donors (Lipinski definition) is 1. The molecule has 2 aromatic carbocycles. The van der Waals surface area contributed by atoms with Gasteiger partial charge in [0.1, 0.15) is 12.3 Å². The van der Waals surface area contributed by atoms with Crippen molar-refractivity contribution in [2.24, 2.45) is 0 Å². The summed E-state index contributed by atoms with van der Waals surface area (Å²) in [5, 5.41) is 20.2. The Balaban J connectivity index is 2.36. The van der Waals surface area contributed by atoms with Crippen LogP contribution < -0.4 is 4.90 Å². The quantitative estimate of drug-likeness (QED) is 0.538. The first kappa shape index (κ1) is 21.7. The average molecular weight is 412 g/mol. The van der Waals surface area contributed by atoms with Crippen molar-refractivity contribution in [3.63, 3.8) is 0 Å². The topological polar surface area (TPSA) is 110 Å². The summed E-state index contributed by atoms with van der Waals surface area (Å²) in [5.74, 6) is -1.31. The van der Waals surface area contributed by atoms with Crippen LogP contribution in [-0.2, 0) is 22.3 Å². The van der Waals surface area contributed by atoms with Crippen molar-refractivity contribution >= 4 is 23.4 Å². The SMILES string of the molecule is O=C(O)CCN(C(=O)OCc1ccccc1)c1ccc(C(F)(F)F)cc1[N+](=O)[O-]. The number of hydrogen-bond acceptors (Lipinski definition) is 5. The second kappa shape index (κ2) is 9.04. The summed E-state index contributed by atoms with van der Waals surface area (Å²) in [6.07, 6.45) is -6.56. The molecule has 0 atom stereocenters. The van der Waals surface area contributed by atoms with Crippen molar-refractivity contribution in [1.82, 2.24) is 0 Å². The van der Waals surface area contributed by atoms with Gasteiger partial charge in [0.2, 0.25) is 0 Å². The first-order valence-corrected chi connectivity index (χ1v) is 8.15. The number of benzene rings is 2. The number of anilines is 1. The molecule has 0 heterocycles. The third-order valence-electron chi connectivity index (χ3n) is 3.77. The van der Waals surface area contributed by atoms with Gasteiger partial charge in [0.25, 0.3) is 5.69 Å². The van der Waals surface area contributed by atoms with E-state index in [0.29, 0.717) is 16.5 Å². The van der Waals surface area contributed by atoms with E-state index >= 15 is 0 Å². The van der Waals surface area contributed by atoms with Crippen LogP contribution in [0.25, 0.3) is 0 Å². The molecule has 0 unspecified atom stereocenters. The lowest BCUT2D eigenvalue weighted by molar-refractivity contribution is -0.384. The van der Waals surface area contributed by atoms with Crippen LogP contribution in [0, 0.1) is 10.1 Å². The molecule has 29 heavy (non-hydrogen) atoms. The highest BCUT2D eigenvalue weighted by Crippen LogP contribution is 2.36. The summed E-state index contributed by atoms with van der Waals surface area (Å²) in [7, 11) is 0. The van der Waals surface area contributed by atoms with E-state index in [2.05, 4.69) is 0 Å². The molecule has 2 aromatic rings. The zero-order valence-corrected chi connectivity index (χ0v) is 14.8. The Morgan fingerprint density at radius 2 is 1.79 bits per heavy atom. The number of carbonyl (C=O) groups excluding carboxylic acids is 1. The molecule has 0 saturated carbocycles. The third kappa shape index (κ3) is 5.92. The maximum atomic E-state index is 12.9. The maximum Gasteiger partial charge on any atom is 0.416 e. The normalized spacial score (nSPS) is 11.0. The van der Waals surface area contributed by atoms with E-state index < -0.39 is 53.1 Å². The fourth-order valence-corrected chi connectivity index (χ4v) is 2.39. The predicted molar refractivity (Wildman–Crippen MR) is 94.3 cm³/mol. The molecule has 0 bridgehead atoms. The van der Waals surface area contributed by atoms with E-state index in [1.807, 2.05) is 0 Å². The number of nitrogens with zero attached hydrogens (tertiary/aromatic N) is 2. The largest absolute Gasteiger partial charge is 0.481 e. The van der Waals surface area contributed by atoms with Gasteiger partial charge in [0, 0.05) is 12.6 Å². The van der Waals surface area contributed by atoms with Crippen LogP contribution in [0.2, 0.25) is 0 Å². The van der Waals surface area contributed by atoms with Crippen molar-refractivity contribution in [2.75, 3.05) is 11.4 Å². The van der Waals surface area contributed by atoms with Crippen molar-refractivity contribution in [2.45, 2.75) is 19.2 Å². The third-order valence-corrected chi connectivity index (χ3v) is 3.77. The van der Waals surface area contributed by atoms with Crippen molar-refractivity contribution < 1.29 is 37.5 Å². The fraction of sp³-hybridized carbons (Fsp3) is 0.222. The van der Waals surface area contributed by atoms with E-state index in [1.165, 1.54) is 0 Å². The van der Waals surface area contributed by atoms with Gasteiger partial charge in [-0.3, -0.25) is 19.8 Å². The Morgan fingerprint density at radius 3 is 2.34 bits per heavy atom. The van der Waals surface area contributed by atoms with Crippen molar-refractivity contribution in [1.29, 1.82) is 0 Å². The predicted octanol–water partition coefficient (Wildman–Crippen LogP) is 4.23. The van der Waals surface area contributed by atoms with Gasteiger partial charge in [-0.25, -0.2) is 4.79 Å². The molecule has 1 amide bonds. The maximum absolute atomic E-state index is 12.9. The Labute approximate surface area is 162 Å². The summed E-state index contributed by atoms with van der Waals surface area (Å²) in [4.78, 5) is 34.2. The number of nitro benzene ring substituents is 1. The highest BCUT2D eigenvalue weighted by atomic mass is 19.4. The lowest BCUT2D eigenvalue weighted by atomic mass is 10.1. The van der Waals surface area contributed by atoms with Gasteiger partial charge in [0.15, 0.2) is 0 Å². The molecular weight excluding hydrogens is 397 g/mol. The molecule has 0 saturated heterocycles. The van der Waals surface area contributed by atoms with Gasteiger partial charge in [-0.1, -0.05) is 30.3 Å². The number of ether oxygens (including phenoxy) is 1. The average Bonchev–Trinajstić information content (AvgIpc) is 2.66. The van der Waals surface area contributed by atoms with Crippen LogP contribution in [0.3, 0.4) is 0 Å². The Morgan fingerprint density at radius 1 is 1.14 bits per heavy atom. The Bertz CT molecular complexity index is 902. The minimum absolute atomic E-state index is 0.211. The second-order valence-corrected chi connectivity index (χ2v) is 5.79. The van der Waals surface area contributed by atoms with Gasteiger partial charge < -0.3 is 9.84 Å². The zero-order chi connectivity index (χ0) is 21.6. The number of nitro groups is 1. The summed E-state index contributed by atoms with van der Waals surface area (Å²) in [6, 6.07) is 10.00. The lowest BCUT2D eigenvalue weighted by Gasteiger charge is -2.22. The van der Waals surface area contributed by atoms with Crippen LogP contribution in [0.15, 0.2) is 48.5 Å². The number of alkyl halides is 3. The van der Waals surface area contributed by atoms with Gasteiger partial charge in [-0.2, -0.15) is 13.2 Å². The minimum atomic E-state index is -4.83. The molecule has 0 aromatic heterocycles. The first-order chi connectivity index (χ1) is 13.6. The molecule has 0 radical (unpaired) electrons. The smallest absolute Gasteiger partial charge is 0.416 e. The summed E-state index contributed by atoms with van der Waals surface area (Å²) >= 11 is 0. The molecular formula is C18H15F3N2O6. The van der Waals surface area contributed by atoms with Crippen molar-refractivity contribution in [3.05, 3.63) is 69.8 Å². The van der Waals surface area contributed by atoms with Gasteiger partial charge in [-0.15, -0.1) is 0 Å². The molecule has 0 aliphatic rings. The van der Waals surface area contributed by atoms with Gasteiger partial charge >= 0.3 is 18.2 Å². The number of carboxylic acid groups (broad SMARTS) is 1. The Hall–Kier alpha value is -3.63. The zero-order valence-electron chi connectivity index (χ0n) is 14.8. The molecule has 0 fully saturated rings. The highest BCUT2D eigenvalue weighted by molar-refractivity contribution is 5.91. The number of aliphatic carboxylic acids is 1. The fourth-order valence-electron chi connectivity index (χ4n) is 2.39. The van der Waals surface area contributed by atoms with Crippen molar-refractivity contribution in [3.8, 4) is 0 Å². The van der Waals surface area contributed by atoms with Gasteiger partial charge in [0.05, 0.1) is 16.9 Å². The number of amides is 1. The van der Waals surface area contributed by atoms with E-state index in [4.69, 9.17) is 9.84 Å². The summed E-state index contributed by atoms with van der Waals surface area (Å²) in [5.41, 5.74) is -2.17. The molecule has 0 spiro atoms. The van der Waals surface area contributed by atoms with Crippen LogP contribution in [0.4, 0.5) is 29.3 Å². The van der Waals surface area contributed by atoms with Crippen LogP contribution in [-0.4, -0.2) is 28.6 Å². The van der Waals surface area contributed by atoms with E-state index in [0.717, 1.165) is 6.07 Å². The standard InChI is InChI=1S/C18H15F3N2O6/c19-18(20,21)13-6-7-14(15(10-13)23(27)28)22(9-8-16(24)25)17(26)29-11-12-4-2-1-3-5-12/h1-7,10H,8-9,11H2,(H,24,25). The Kier molecular flexibility index (Phi) is 6.75. The molecule has 154 valence electrons. The van der Waals surface area contributed by atoms with Crippen LogP contribution >= 0.6 is 0 Å². The number of rotatable bonds is 7. The lowest BCUT2D eigenvalue weighted by Crippen LogP contribution is -2.34. The number of carbonyl (C=O) groups is 2. The van der Waals surface area contributed by atoms with E-state index in [9.17, 15) is 32.9 Å². The molecule has 1 N–H and O–H groups in total. The molecule has 2 rings (SSSR count). The first-order valence-electron chi connectivity index (χ1n) is 8.15. The van der Waals surface area contributed by atoms with Crippen LogP contribution in [0.5, 0.6) is 0 Å². The molecule has 8 nitrogen and oxygen atoms in total. The number of halogens is 3. The van der Waals surface area contributed by atoms with Crippen LogP contribution in [0.1, 0.15) is 17.5 Å². The number of carboxylic acids is 1. The molecule has 0 aliphatic carbocycles. The monoisotopic (exact) mass is 412 g/mol. The van der Waals surface area contributed by atoms with E-state index in [-0.39, 0.29) is 12.7 Å². The highest BCUT2D eigenvalue weighted by Gasteiger charge is 2.35. The minimum Gasteiger partial charge on any atom is -0.481 e. The molecule has 0 aliphatic heterocycles. The summed E-state index contributed by atoms with van der Waals surface area (Å²) in [6.45, 7) is -0.743. The second-order valence-electron chi connectivity index (χ2n) is 5.79.